The molecule has 2 heterocycles. The lowest BCUT2D eigenvalue weighted by Gasteiger charge is -2.11. The number of aromatic amines is 1. The van der Waals surface area contributed by atoms with E-state index in [1.807, 2.05) is 50.2 Å². The number of nitrogens with zero attached hydrogens (tertiary/aromatic N) is 4. The number of anilines is 1. The van der Waals surface area contributed by atoms with Crippen LogP contribution in [-0.4, -0.2) is 32.4 Å². The molecule has 9 nitrogen and oxygen atoms in total. The van der Waals surface area contributed by atoms with Gasteiger partial charge in [-0.3, -0.25) is 18.9 Å². The molecule has 9 heteroatoms. The van der Waals surface area contributed by atoms with Crippen LogP contribution in [0.25, 0.3) is 11.2 Å². The molecule has 0 radical (unpaired) electrons. The van der Waals surface area contributed by atoms with Crippen LogP contribution in [0.5, 0.6) is 5.75 Å². The highest BCUT2D eigenvalue weighted by molar-refractivity contribution is 5.80. The molecule has 0 unspecified atom stereocenters. The van der Waals surface area contributed by atoms with Gasteiger partial charge in [-0.15, -0.1) is 0 Å². The third-order valence-corrected chi connectivity index (χ3v) is 5.33. The molecule has 164 valence electrons. The molecule has 2 aromatic carbocycles. The molecule has 0 aliphatic heterocycles. The lowest BCUT2D eigenvalue weighted by molar-refractivity contribution is 0.415. The second-order valence-electron chi connectivity index (χ2n) is 7.59. The predicted molar refractivity (Wildman–Crippen MR) is 125 cm³/mol. The number of hydrogen-bond acceptors (Lipinski definition) is 6. The van der Waals surface area contributed by atoms with Crippen LogP contribution in [0.15, 0.2) is 57.2 Å². The van der Waals surface area contributed by atoms with E-state index >= 15 is 0 Å². The minimum atomic E-state index is -0.521. The number of fused-ring (bicyclic) bond motifs is 1. The average molecular weight is 432 g/mol. The van der Waals surface area contributed by atoms with E-state index in [9.17, 15) is 9.59 Å². The number of ether oxygens (including phenoxy) is 1. The molecule has 0 bridgehead atoms. The Labute approximate surface area is 184 Å². The zero-order chi connectivity index (χ0) is 22.8. The van der Waals surface area contributed by atoms with Crippen molar-refractivity contribution in [2.75, 3.05) is 12.5 Å². The average Bonchev–Trinajstić information content (AvgIpc) is 3.14. The second-order valence-corrected chi connectivity index (χ2v) is 7.59. The minimum Gasteiger partial charge on any atom is -0.497 e. The molecule has 4 aromatic rings. The number of hydrogen-bond donors (Lipinski definition) is 2. The van der Waals surface area contributed by atoms with E-state index in [1.54, 1.807) is 24.9 Å². The predicted octanol–water partition coefficient (Wildman–Crippen LogP) is 2.54. The van der Waals surface area contributed by atoms with E-state index in [1.165, 1.54) is 4.57 Å². The Morgan fingerprint density at radius 1 is 1.16 bits per heavy atom. The first-order valence-electron chi connectivity index (χ1n) is 10.1. The summed E-state index contributed by atoms with van der Waals surface area (Å²) in [4.78, 5) is 31.6. The Morgan fingerprint density at radius 2 is 1.91 bits per heavy atom. The van der Waals surface area contributed by atoms with Gasteiger partial charge in [-0.1, -0.05) is 23.8 Å². The first kappa shape index (κ1) is 21.1. The summed E-state index contributed by atoms with van der Waals surface area (Å²) in [6.45, 7) is 4.43. The molecule has 0 saturated carbocycles. The summed E-state index contributed by atoms with van der Waals surface area (Å²) >= 11 is 0. The van der Waals surface area contributed by atoms with Gasteiger partial charge in [0.2, 0.25) is 5.95 Å². The number of aromatic nitrogens is 4. The van der Waals surface area contributed by atoms with Crippen molar-refractivity contribution < 1.29 is 4.74 Å². The van der Waals surface area contributed by atoms with Crippen molar-refractivity contribution in [1.82, 2.24) is 19.1 Å². The first-order valence-corrected chi connectivity index (χ1v) is 10.1. The molecule has 2 aromatic heterocycles. The number of hydrazone groups is 1. The molecular formula is C23H24N6O3. The number of H-pyrrole nitrogens is 1. The van der Waals surface area contributed by atoms with Gasteiger partial charge in [0.25, 0.3) is 5.56 Å². The number of nitrogens with one attached hydrogen (secondary N) is 2. The Balaban J connectivity index is 1.77. The Morgan fingerprint density at radius 3 is 2.62 bits per heavy atom. The van der Waals surface area contributed by atoms with Crippen molar-refractivity contribution in [3.63, 3.8) is 0 Å². The van der Waals surface area contributed by atoms with E-state index in [-0.39, 0.29) is 5.65 Å². The molecule has 0 fully saturated rings. The highest BCUT2D eigenvalue weighted by Gasteiger charge is 2.18. The highest BCUT2D eigenvalue weighted by Crippen LogP contribution is 2.20. The Bertz CT molecular complexity index is 1430. The summed E-state index contributed by atoms with van der Waals surface area (Å²) in [6, 6.07) is 13.6. The van der Waals surface area contributed by atoms with Gasteiger partial charge >= 0.3 is 5.69 Å². The van der Waals surface area contributed by atoms with Crippen LogP contribution < -0.4 is 21.4 Å². The van der Waals surface area contributed by atoms with Crippen molar-refractivity contribution in [2.24, 2.45) is 12.1 Å². The van der Waals surface area contributed by atoms with Crippen LogP contribution in [-0.2, 0) is 13.6 Å². The Hall–Kier alpha value is -4.14. The third-order valence-electron chi connectivity index (χ3n) is 5.33. The third kappa shape index (κ3) is 4.04. The highest BCUT2D eigenvalue weighted by atomic mass is 16.5. The lowest BCUT2D eigenvalue weighted by atomic mass is 10.1. The monoisotopic (exact) mass is 432 g/mol. The molecule has 0 saturated heterocycles. The van der Waals surface area contributed by atoms with Crippen LogP contribution in [0.3, 0.4) is 0 Å². The van der Waals surface area contributed by atoms with Crippen LogP contribution in [0, 0.1) is 13.8 Å². The molecule has 4 rings (SSSR count). The summed E-state index contributed by atoms with van der Waals surface area (Å²) in [5.74, 6) is 1.11. The van der Waals surface area contributed by atoms with Crippen LogP contribution >= 0.6 is 0 Å². The normalized spacial score (nSPS) is 11.4. The molecule has 0 spiro atoms. The van der Waals surface area contributed by atoms with Gasteiger partial charge in [0, 0.05) is 7.05 Å². The van der Waals surface area contributed by atoms with Gasteiger partial charge in [-0.2, -0.15) is 10.1 Å². The molecule has 2 N–H and O–H groups in total. The van der Waals surface area contributed by atoms with Gasteiger partial charge in [0.1, 0.15) is 5.75 Å². The number of methoxy groups -OCH3 is 1. The van der Waals surface area contributed by atoms with Crippen molar-refractivity contribution in [1.29, 1.82) is 0 Å². The molecule has 0 atom stereocenters. The quantitative estimate of drug-likeness (QED) is 0.360. The second kappa shape index (κ2) is 8.54. The van der Waals surface area contributed by atoms with Gasteiger partial charge in [0.05, 0.1) is 19.9 Å². The number of imidazole rings is 1. The lowest BCUT2D eigenvalue weighted by Crippen LogP contribution is -2.29. The maximum atomic E-state index is 12.7. The van der Waals surface area contributed by atoms with Gasteiger partial charge in [-0.05, 0) is 54.8 Å². The zero-order valence-electron chi connectivity index (χ0n) is 18.3. The van der Waals surface area contributed by atoms with E-state index in [0.717, 1.165) is 28.0 Å². The Kier molecular flexibility index (Phi) is 5.63. The maximum Gasteiger partial charge on any atom is 0.329 e. The fourth-order valence-electron chi connectivity index (χ4n) is 3.47. The number of rotatable bonds is 6. The van der Waals surface area contributed by atoms with Gasteiger partial charge < -0.3 is 4.74 Å². The van der Waals surface area contributed by atoms with Crippen molar-refractivity contribution in [3.8, 4) is 5.75 Å². The SMILES string of the molecule is COc1ccc(/C=N\Nc2nc3c(c(=O)[nH]c(=O)n3C)n2Cc2cc(C)ccc2C)cc1. The number of aryl methyl sites for hydroxylation is 3. The van der Waals surface area contributed by atoms with Gasteiger partial charge in [0.15, 0.2) is 11.2 Å². The van der Waals surface area contributed by atoms with E-state index in [4.69, 9.17) is 4.74 Å². The standard InChI is InChI=1S/C23H24N6O3/c1-14-5-6-15(2)17(11-14)13-29-19-20(28(3)23(31)26-21(19)30)25-22(29)27-24-12-16-7-9-18(32-4)10-8-16/h5-12H,13H2,1-4H3,(H,25,27)(H,26,30,31)/b24-12-. The van der Waals surface area contributed by atoms with Crippen molar-refractivity contribution >= 4 is 23.3 Å². The fraction of sp³-hybridized carbons (Fsp3) is 0.217. The molecule has 0 aliphatic carbocycles. The molecular weight excluding hydrogens is 408 g/mol. The van der Waals surface area contributed by atoms with E-state index in [0.29, 0.717) is 18.0 Å². The van der Waals surface area contributed by atoms with Crippen molar-refractivity contribution in [2.45, 2.75) is 20.4 Å². The van der Waals surface area contributed by atoms with E-state index in [2.05, 4.69) is 26.6 Å². The summed E-state index contributed by atoms with van der Waals surface area (Å²) in [5.41, 5.74) is 6.61. The van der Waals surface area contributed by atoms with Crippen molar-refractivity contribution in [3.05, 3.63) is 85.6 Å². The summed E-state index contributed by atoms with van der Waals surface area (Å²) in [5, 5.41) is 4.29. The molecule has 0 aliphatic rings. The fourth-order valence-corrected chi connectivity index (χ4v) is 3.47. The topological polar surface area (TPSA) is 106 Å². The summed E-state index contributed by atoms with van der Waals surface area (Å²) in [6.07, 6.45) is 1.64. The zero-order valence-corrected chi connectivity index (χ0v) is 18.3. The smallest absolute Gasteiger partial charge is 0.329 e. The van der Waals surface area contributed by atoms with E-state index < -0.39 is 11.2 Å². The largest absolute Gasteiger partial charge is 0.497 e. The molecule has 32 heavy (non-hydrogen) atoms. The minimum absolute atomic E-state index is 0.284. The summed E-state index contributed by atoms with van der Waals surface area (Å²) in [7, 11) is 3.18. The van der Waals surface area contributed by atoms with Gasteiger partial charge in [-0.25, -0.2) is 10.2 Å². The summed E-state index contributed by atoms with van der Waals surface area (Å²) < 4.78 is 8.22. The molecule has 0 amide bonds. The maximum absolute atomic E-state index is 12.7. The van der Waals surface area contributed by atoms with Crippen LogP contribution in [0.1, 0.15) is 22.3 Å². The van der Waals surface area contributed by atoms with Crippen LogP contribution in [0.2, 0.25) is 0 Å². The van der Waals surface area contributed by atoms with Crippen LogP contribution in [0.4, 0.5) is 5.95 Å². The first-order chi connectivity index (χ1) is 15.4. The number of benzene rings is 2.